The molecule has 0 radical (unpaired) electrons. The van der Waals surface area contributed by atoms with E-state index in [0.29, 0.717) is 13.0 Å². The fourth-order valence-corrected chi connectivity index (χ4v) is 2.46. The van der Waals surface area contributed by atoms with Crippen LogP contribution in [0.2, 0.25) is 0 Å². The van der Waals surface area contributed by atoms with E-state index in [2.05, 4.69) is 0 Å². The summed E-state index contributed by atoms with van der Waals surface area (Å²) in [6.45, 7) is 9.63. The second kappa shape index (κ2) is 4.56. The molecule has 0 unspecified atom stereocenters. The van der Waals surface area contributed by atoms with Crippen molar-refractivity contribution in [1.29, 1.82) is 0 Å². The van der Waals surface area contributed by atoms with Crippen LogP contribution in [0.4, 0.5) is 0 Å². The molecular formula is C13H22O5. The molecule has 0 aromatic rings. The third kappa shape index (κ3) is 3.09. The number of carbonyl (C=O) groups excluding carboxylic acids is 1. The van der Waals surface area contributed by atoms with E-state index in [9.17, 15) is 4.79 Å². The first-order chi connectivity index (χ1) is 8.19. The third-order valence-electron chi connectivity index (χ3n) is 3.15. The predicted molar refractivity (Wildman–Crippen MR) is 64.0 cm³/mol. The number of hydrogen-bond donors (Lipinski definition) is 0. The van der Waals surface area contributed by atoms with Crippen LogP contribution in [0.15, 0.2) is 0 Å². The monoisotopic (exact) mass is 258 g/mol. The fraction of sp³-hybridized carbons (Fsp3) is 0.923. The van der Waals surface area contributed by atoms with Crippen molar-refractivity contribution in [2.24, 2.45) is 0 Å². The molecule has 0 bridgehead atoms. The van der Waals surface area contributed by atoms with E-state index < -0.39 is 23.8 Å². The molecule has 0 aromatic heterocycles. The van der Waals surface area contributed by atoms with Crippen molar-refractivity contribution >= 4 is 5.78 Å². The molecule has 0 aliphatic carbocycles. The van der Waals surface area contributed by atoms with Gasteiger partial charge in [-0.1, -0.05) is 0 Å². The Morgan fingerprint density at radius 2 is 1.78 bits per heavy atom. The molecule has 0 spiro atoms. The minimum atomic E-state index is -0.729. The molecule has 5 heteroatoms. The largest absolute Gasteiger partial charge is 0.348 e. The maximum Gasteiger partial charge on any atom is 0.190 e. The molecule has 0 aromatic carbocycles. The van der Waals surface area contributed by atoms with Crippen LogP contribution in [-0.2, 0) is 23.7 Å². The van der Waals surface area contributed by atoms with E-state index in [4.69, 9.17) is 18.9 Å². The Balaban J connectivity index is 1.98. The van der Waals surface area contributed by atoms with Crippen molar-refractivity contribution < 1.29 is 23.7 Å². The zero-order valence-electron chi connectivity index (χ0n) is 11.7. The van der Waals surface area contributed by atoms with Crippen LogP contribution in [0.5, 0.6) is 0 Å². The van der Waals surface area contributed by atoms with Gasteiger partial charge in [0, 0.05) is 6.42 Å². The summed E-state index contributed by atoms with van der Waals surface area (Å²) in [6.07, 6.45) is -0.505. The van der Waals surface area contributed by atoms with Gasteiger partial charge in [-0.3, -0.25) is 4.79 Å². The number of ether oxygens (including phenoxy) is 4. The van der Waals surface area contributed by atoms with Gasteiger partial charge in [0.25, 0.3) is 0 Å². The van der Waals surface area contributed by atoms with Crippen molar-refractivity contribution in [2.75, 3.05) is 6.61 Å². The lowest BCUT2D eigenvalue weighted by atomic mass is 10.0. The van der Waals surface area contributed by atoms with E-state index in [1.54, 1.807) is 6.92 Å². The minimum absolute atomic E-state index is 0.0253. The lowest BCUT2D eigenvalue weighted by molar-refractivity contribution is -0.280. The van der Waals surface area contributed by atoms with Crippen LogP contribution in [0.3, 0.4) is 0 Å². The number of Topliss-reactive ketones (excluding diaryl/α,β-unsaturated/α-hetero) is 1. The highest BCUT2D eigenvalue weighted by Crippen LogP contribution is 2.30. The summed E-state index contributed by atoms with van der Waals surface area (Å²) in [5, 5.41) is 0. The van der Waals surface area contributed by atoms with Gasteiger partial charge in [-0.2, -0.15) is 0 Å². The van der Waals surface area contributed by atoms with E-state index in [1.165, 1.54) is 0 Å². The van der Waals surface area contributed by atoms with Gasteiger partial charge in [-0.15, -0.1) is 0 Å². The van der Waals surface area contributed by atoms with Gasteiger partial charge in [0.2, 0.25) is 0 Å². The van der Waals surface area contributed by atoms with Crippen LogP contribution in [0.1, 0.15) is 41.0 Å². The zero-order chi connectivity index (χ0) is 13.6. The molecule has 2 heterocycles. The summed E-state index contributed by atoms with van der Waals surface area (Å²) in [5.41, 5.74) is 0. The highest BCUT2D eigenvalue weighted by molar-refractivity contribution is 5.87. The lowest BCUT2D eigenvalue weighted by Gasteiger charge is -2.39. The van der Waals surface area contributed by atoms with Gasteiger partial charge in [-0.25, -0.2) is 0 Å². The van der Waals surface area contributed by atoms with Crippen molar-refractivity contribution in [3.8, 4) is 0 Å². The fourth-order valence-electron chi connectivity index (χ4n) is 2.46. The highest BCUT2D eigenvalue weighted by Gasteiger charge is 2.43. The molecule has 18 heavy (non-hydrogen) atoms. The van der Waals surface area contributed by atoms with Gasteiger partial charge in [0.05, 0.1) is 12.7 Å². The maximum atomic E-state index is 12.0. The van der Waals surface area contributed by atoms with E-state index in [0.717, 1.165) is 0 Å². The molecule has 2 aliphatic rings. The average Bonchev–Trinajstić information content (AvgIpc) is 2.53. The molecule has 2 rings (SSSR count). The second-order valence-electron chi connectivity index (χ2n) is 5.86. The molecule has 2 fully saturated rings. The van der Waals surface area contributed by atoms with Gasteiger partial charge < -0.3 is 18.9 Å². The molecule has 2 saturated heterocycles. The molecule has 0 amide bonds. The minimum Gasteiger partial charge on any atom is -0.348 e. The smallest absolute Gasteiger partial charge is 0.190 e. The van der Waals surface area contributed by atoms with Crippen LogP contribution in [0, 0.1) is 0 Å². The quantitative estimate of drug-likeness (QED) is 0.753. The Morgan fingerprint density at radius 1 is 1.11 bits per heavy atom. The summed E-state index contributed by atoms with van der Waals surface area (Å²) >= 11 is 0. The molecule has 0 N–H and O–H groups in total. The first-order valence-electron chi connectivity index (χ1n) is 6.40. The zero-order valence-corrected chi connectivity index (χ0v) is 11.7. The van der Waals surface area contributed by atoms with E-state index >= 15 is 0 Å². The number of ketones is 1. The lowest BCUT2D eigenvalue weighted by Crippen LogP contribution is -2.51. The van der Waals surface area contributed by atoms with Crippen molar-refractivity contribution in [3.63, 3.8) is 0 Å². The van der Waals surface area contributed by atoms with Gasteiger partial charge in [0.1, 0.15) is 12.2 Å². The summed E-state index contributed by atoms with van der Waals surface area (Å²) in [6, 6.07) is 0. The average molecular weight is 258 g/mol. The molecule has 2 aliphatic heterocycles. The Morgan fingerprint density at radius 3 is 2.33 bits per heavy atom. The predicted octanol–water partition coefficient (Wildman–Crippen LogP) is 1.64. The van der Waals surface area contributed by atoms with Crippen LogP contribution < -0.4 is 0 Å². The maximum absolute atomic E-state index is 12.0. The highest BCUT2D eigenvalue weighted by atomic mass is 16.7. The second-order valence-corrected chi connectivity index (χ2v) is 5.86. The Labute approximate surface area is 108 Å². The summed E-state index contributed by atoms with van der Waals surface area (Å²) < 4.78 is 22.4. The summed E-state index contributed by atoms with van der Waals surface area (Å²) in [5.74, 6) is -1.32. The van der Waals surface area contributed by atoms with Crippen molar-refractivity contribution in [1.82, 2.24) is 0 Å². The standard InChI is InChI=1S/C13H22O5/c1-8-11(14)10(18-13(4,5)16-8)6-9-7-15-12(2,3)17-9/h8-10H,6-7H2,1-5H3/t8-,9+,10-/m0/s1. The van der Waals surface area contributed by atoms with Gasteiger partial charge in [-0.05, 0) is 34.6 Å². The Bertz CT molecular complexity index is 336. The van der Waals surface area contributed by atoms with E-state index in [-0.39, 0.29) is 11.9 Å². The third-order valence-corrected chi connectivity index (χ3v) is 3.15. The van der Waals surface area contributed by atoms with Crippen LogP contribution >= 0.6 is 0 Å². The summed E-state index contributed by atoms with van der Waals surface area (Å²) in [4.78, 5) is 12.0. The van der Waals surface area contributed by atoms with Gasteiger partial charge >= 0.3 is 0 Å². The summed E-state index contributed by atoms with van der Waals surface area (Å²) in [7, 11) is 0. The first-order valence-corrected chi connectivity index (χ1v) is 6.40. The molecule has 5 nitrogen and oxygen atoms in total. The SMILES string of the molecule is C[C@@H]1OC(C)(C)O[C@@H](C[C@@H]2COC(C)(C)O2)C1=O. The normalized spacial score (nSPS) is 38.9. The Hall–Kier alpha value is -0.490. The van der Waals surface area contributed by atoms with Gasteiger partial charge in [0.15, 0.2) is 17.4 Å². The van der Waals surface area contributed by atoms with Crippen LogP contribution in [0.25, 0.3) is 0 Å². The number of rotatable bonds is 2. The molecule has 3 atom stereocenters. The van der Waals surface area contributed by atoms with Crippen molar-refractivity contribution in [3.05, 3.63) is 0 Å². The van der Waals surface area contributed by atoms with E-state index in [1.807, 2.05) is 27.7 Å². The first kappa shape index (κ1) is 13.9. The molecule has 0 saturated carbocycles. The number of carbonyl (C=O) groups is 1. The topological polar surface area (TPSA) is 54.0 Å². The van der Waals surface area contributed by atoms with Crippen molar-refractivity contribution in [2.45, 2.75) is 70.9 Å². The van der Waals surface area contributed by atoms with Crippen LogP contribution in [-0.4, -0.2) is 42.3 Å². The Kier molecular flexibility index (Phi) is 3.53. The molecular weight excluding hydrogens is 236 g/mol. The molecule has 104 valence electrons. The number of hydrogen-bond acceptors (Lipinski definition) is 5.